The maximum absolute atomic E-state index is 12.5. The molecule has 0 spiro atoms. The number of rotatable bonds is 22. The third-order valence-electron chi connectivity index (χ3n) is 9.49. The third-order valence-corrected chi connectivity index (χ3v) is 10.5. The van der Waals surface area contributed by atoms with Crippen LogP contribution in [0.15, 0.2) is 0 Å². The smallest absolute Gasteiger partial charge is 0.394 e. The minimum absolute atomic E-state index is 0.158. The van der Waals surface area contributed by atoms with Gasteiger partial charge >= 0.3 is 7.82 Å². The van der Waals surface area contributed by atoms with Gasteiger partial charge in [-0.15, -0.1) is 0 Å². The number of quaternary nitrogens is 1. The van der Waals surface area contributed by atoms with Gasteiger partial charge in [-0.05, 0) is 6.42 Å². The molecule has 22 heteroatoms. The number of likely N-dealkylation sites (N-methyl/N-ethyl adjacent to an activating group) is 1. The topological polar surface area (TPSA) is 302 Å². The van der Waals surface area contributed by atoms with Crippen molar-refractivity contribution >= 4 is 13.7 Å². The van der Waals surface area contributed by atoms with E-state index >= 15 is 0 Å². The number of amides is 1. The normalized spacial score (nSPS) is 38.4. The van der Waals surface area contributed by atoms with Gasteiger partial charge in [-0.3, -0.25) is 13.8 Å². The van der Waals surface area contributed by atoms with Crippen molar-refractivity contribution < 1.29 is 97.1 Å². The number of unbranched alkanes of at least 4 members (excludes halogenated alkanes) is 5. The maximum Gasteiger partial charge on any atom is 0.472 e. The summed E-state index contributed by atoms with van der Waals surface area (Å²) in [6, 6.07) is -1.55. The van der Waals surface area contributed by atoms with Crippen LogP contribution in [-0.4, -0.2) is 209 Å². The number of aliphatic hydroxyl groups excluding tert-OH is 8. The number of carbonyl (C=O) groups excluding carboxylic acids is 1. The first-order valence-corrected chi connectivity index (χ1v) is 20.2. The second-order valence-electron chi connectivity index (χ2n) is 15.1. The van der Waals surface area contributed by atoms with Gasteiger partial charge in [0.2, 0.25) is 5.91 Å². The lowest BCUT2D eigenvalue weighted by molar-refractivity contribution is -0.870. The van der Waals surface area contributed by atoms with Gasteiger partial charge in [0.15, 0.2) is 18.9 Å². The first kappa shape index (κ1) is 48.3. The predicted octanol–water partition coefficient (Wildman–Crippen LogP) is -3.20. The van der Waals surface area contributed by atoms with Gasteiger partial charge in [0.05, 0.1) is 41.0 Å². The summed E-state index contributed by atoms with van der Waals surface area (Å²) in [5.74, 6) is -0.703. The van der Waals surface area contributed by atoms with Crippen LogP contribution in [0.3, 0.4) is 0 Å². The lowest BCUT2D eigenvalue weighted by Gasteiger charge is -2.48. The van der Waals surface area contributed by atoms with Gasteiger partial charge in [-0.25, -0.2) is 4.57 Å². The standard InChI is InChI=1S/C33H63N2O19P/c1-6-7-8-9-10-11-13-47-32-27(43)26(42)29(20(16-37)51-32)53-33-28(44)30(24(40)19(15-36)50-33)54-31-22(34-18(2)38)25(41)23(39)21(52-31)17-49-55(45,46)48-14-12-35(3,4)5/h19-33,36-37,39-44H,6-17H2,1-5H3,(H-,34,38,45,46)/p+1/t19-,20-,21-,22-,23-,24-,25-,26-,27-,28+,29-,30+,31+,32-,33+/m1/s1. The van der Waals surface area contributed by atoms with Crippen LogP contribution in [0.5, 0.6) is 0 Å². The van der Waals surface area contributed by atoms with Crippen molar-refractivity contribution in [2.45, 2.75) is 144 Å². The molecule has 0 aromatic heterocycles. The molecule has 3 heterocycles. The van der Waals surface area contributed by atoms with Crippen molar-refractivity contribution in [1.29, 1.82) is 0 Å². The van der Waals surface area contributed by atoms with Crippen LogP contribution in [-0.2, 0) is 46.8 Å². The summed E-state index contributed by atoms with van der Waals surface area (Å²) in [5, 5.41) is 88.7. The summed E-state index contributed by atoms with van der Waals surface area (Å²) >= 11 is 0. The lowest BCUT2D eigenvalue weighted by atomic mass is 9.95. The van der Waals surface area contributed by atoms with Crippen molar-refractivity contribution in [3.63, 3.8) is 0 Å². The number of hydrogen-bond donors (Lipinski definition) is 10. The molecule has 10 N–H and O–H groups in total. The van der Waals surface area contributed by atoms with Crippen LogP contribution < -0.4 is 5.32 Å². The largest absolute Gasteiger partial charge is 0.472 e. The van der Waals surface area contributed by atoms with Crippen LogP contribution >= 0.6 is 7.82 Å². The van der Waals surface area contributed by atoms with E-state index in [1.165, 1.54) is 0 Å². The summed E-state index contributed by atoms with van der Waals surface area (Å²) in [5.41, 5.74) is 0. The van der Waals surface area contributed by atoms with E-state index in [9.17, 15) is 55.1 Å². The SMILES string of the molecule is CCCCCCCCO[C@@H]1O[C@H](CO)[C@@H](O[C@@H]2O[C@H](CO)[C@@H](O)[C@H](O[C@@H]3O[C@H](COP(=O)(O)OCC[N+](C)(C)C)[C@@H](O)[C@H](O)[C@H]3NC(C)=O)[C@@H]2O)[C@H](O)[C@H]1O. The van der Waals surface area contributed by atoms with E-state index in [0.717, 1.165) is 39.0 Å². The molecule has 0 bridgehead atoms. The lowest BCUT2D eigenvalue weighted by Crippen LogP contribution is -2.68. The Morgan fingerprint density at radius 3 is 1.91 bits per heavy atom. The van der Waals surface area contributed by atoms with E-state index in [2.05, 4.69) is 12.2 Å². The molecule has 3 saturated heterocycles. The molecule has 0 saturated carbocycles. The van der Waals surface area contributed by atoms with Crippen molar-refractivity contribution in [2.24, 2.45) is 0 Å². The summed E-state index contributed by atoms with van der Waals surface area (Å²) in [6.07, 6.45) is -17.6. The molecule has 1 amide bonds. The molecule has 324 valence electrons. The van der Waals surface area contributed by atoms with E-state index in [0.29, 0.717) is 17.4 Å². The van der Waals surface area contributed by atoms with E-state index in [1.807, 2.05) is 21.1 Å². The van der Waals surface area contributed by atoms with Crippen LogP contribution in [0.1, 0.15) is 52.4 Å². The fourth-order valence-corrected chi connectivity index (χ4v) is 7.01. The zero-order chi connectivity index (χ0) is 41.1. The number of hydrogen-bond acceptors (Lipinski definition) is 18. The maximum atomic E-state index is 12.5. The average Bonchev–Trinajstić information content (AvgIpc) is 3.11. The molecular weight excluding hydrogens is 759 g/mol. The number of ether oxygens (including phenoxy) is 6. The highest BCUT2D eigenvalue weighted by atomic mass is 31.2. The molecule has 55 heavy (non-hydrogen) atoms. The number of carbonyl (C=O) groups is 1. The number of phosphoric acid groups is 1. The molecule has 0 aromatic rings. The molecular formula is C33H64N2O19P+. The first-order valence-electron chi connectivity index (χ1n) is 18.7. The Hall–Kier alpha value is -1.02. The fourth-order valence-electron chi connectivity index (χ4n) is 6.28. The summed E-state index contributed by atoms with van der Waals surface area (Å²) in [4.78, 5) is 22.3. The highest BCUT2D eigenvalue weighted by molar-refractivity contribution is 7.47. The zero-order valence-electron chi connectivity index (χ0n) is 32.1. The van der Waals surface area contributed by atoms with Gasteiger partial charge in [0, 0.05) is 13.5 Å². The van der Waals surface area contributed by atoms with Crippen LogP contribution in [0.4, 0.5) is 0 Å². The molecule has 3 fully saturated rings. The summed E-state index contributed by atoms with van der Waals surface area (Å²) in [7, 11) is 0.821. The number of aliphatic hydroxyl groups is 8. The molecule has 3 aliphatic heterocycles. The van der Waals surface area contributed by atoms with Gasteiger partial charge in [-0.1, -0.05) is 39.0 Å². The Balaban J connectivity index is 1.73. The van der Waals surface area contributed by atoms with Crippen molar-refractivity contribution in [2.75, 3.05) is 60.7 Å². The zero-order valence-corrected chi connectivity index (χ0v) is 33.0. The molecule has 0 aliphatic carbocycles. The van der Waals surface area contributed by atoms with Crippen LogP contribution in [0.2, 0.25) is 0 Å². The van der Waals surface area contributed by atoms with E-state index in [4.69, 9.17) is 37.5 Å². The average molecular weight is 824 g/mol. The summed E-state index contributed by atoms with van der Waals surface area (Å²) < 4.78 is 57.4. The Labute approximate surface area is 321 Å². The quantitative estimate of drug-likeness (QED) is 0.0292. The molecule has 21 nitrogen and oxygen atoms in total. The van der Waals surface area contributed by atoms with Gasteiger partial charge in [-0.2, -0.15) is 0 Å². The predicted molar refractivity (Wildman–Crippen MR) is 188 cm³/mol. The first-order chi connectivity index (χ1) is 25.8. The van der Waals surface area contributed by atoms with Gasteiger partial charge in [0.1, 0.15) is 86.3 Å². The second-order valence-corrected chi connectivity index (χ2v) is 16.6. The number of phosphoric ester groups is 1. The van der Waals surface area contributed by atoms with Crippen molar-refractivity contribution in [3.05, 3.63) is 0 Å². The molecule has 0 radical (unpaired) electrons. The highest BCUT2D eigenvalue weighted by Crippen LogP contribution is 2.44. The number of nitrogens with zero attached hydrogens (tertiary/aromatic N) is 1. The molecule has 1 unspecified atom stereocenters. The van der Waals surface area contributed by atoms with E-state index in [-0.39, 0.29) is 13.2 Å². The second kappa shape index (κ2) is 22.4. The molecule has 3 aliphatic rings. The van der Waals surface area contributed by atoms with Gasteiger partial charge < -0.3 is 84.0 Å². The Bertz CT molecular complexity index is 1180. The Morgan fingerprint density at radius 2 is 1.29 bits per heavy atom. The molecule has 3 rings (SSSR count). The minimum Gasteiger partial charge on any atom is -0.394 e. The van der Waals surface area contributed by atoms with E-state index < -0.39 is 126 Å². The molecule has 16 atom stereocenters. The third kappa shape index (κ3) is 14.3. The Morgan fingerprint density at radius 1 is 0.691 bits per heavy atom. The van der Waals surface area contributed by atoms with Crippen molar-refractivity contribution in [1.82, 2.24) is 5.32 Å². The van der Waals surface area contributed by atoms with E-state index in [1.54, 1.807) is 0 Å². The van der Waals surface area contributed by atoms with Gasteiger partial charge in [0.25, 0.3) is 0 Å². The monoisotopic (exact) mass is 823 g/mol. The molecule has 0 aromatic carbocycles. The summed E-state index contributed by atoms with van der Waals surface area (Å²) in [6.45, 7) is 1.22. The van der Waals surface area contributed by atoms with Crippen LogP contribution in [0.25, 0.3) is 0 Å². The fraction of sp³-hybridized carbons (Fsp3) is 0.970. The highest BCUT2D eigenvalue weighted by Gasteiger charge is 2.54. The Kier molecular flexibility index (Phi) is 19.7. The minimum atomic E-state index is -4.68. The number of nitrogens with one attached hydrogen (secondary N) is 1. The van der Waals surface area contributed by atoms with Crippen LogP contribution in [0, 0.1) is 0 Å². The van der Waals surface area contributed by atoms with Crippen molar-refractivity contribution in [3.8, 4) is 0 Å².